The highest BCUT2D eigenvalue weighted by atomic mass is 32.1. The quantitative estimate of drug-likeness (QED) is 0.784. The molecule has 1 unspecified atom stereocenters. The van der Waals surface area contributed by atoms with Crippen LogP contribution in [-0.2, 0) is 4.74 Å². The summed E-state index contributed by atoms with van der Waals surface area (Å²) >= 11 is 1.72. The number of carbonyl (C=O) groups is 1. The van der Waals surface area contributed by atoms with Crippen molar-refractivity contribution < 1.29 is 9.53 Å². The summed E-state index contributed by atoms with van der Waals surface area (Å²) in [5.41, 5.74) is 0. The second kappa shape index (κ2) is 9.09. The highest BCUT2D eigenvalue weighted by Crippen LogP contribution is 2.22. The monoisotopic (exact) mass is 326 g/mol. The van der Waals surface area contributed by atoms with Crippen molar-refractivity contribution in [2.45, 2.75) is 6.04 Å². The number of hydrogen-bond donors (Lipinski definition) is 2. The molecule has 2 amide bonds. The Morgan fingerprint density at radius 2 is 2.18 bits per heavy atom. The fourth-order valence-corrected chi connectivity index (χ4v) is 3.35. The summed E-state index contributed by atoms with van der Waals surface area (Å²) < 4.78 is 5.30. The Morgan fingerprint density at radius 3 is 2.82 bits per heavy atom. The highest BCUT2D eigenvalue weighted by molar-refractivity contribution is 7.10. The molecule has 0 aliphatic carbocycles. The van der Waals surface area contributed by atoms with Crippen LogP contribution >= 0.6 is 11.3 Å². The average molecular weight is 326 g/mol. The zero-order valence-corrected chi connectivity index (χ0v) is 14.2. The number of morpholine rings is 1. The largest absolute Gasteiger partial charge is 0.379 e. The number of nitrogens with one attached hydrogen (secondary N) is 2. The molecule has 7 heteroatoms. The van der Waals surface area contributed by atoms with Gasteiger partial charge in [-0.2, -0.15) is 0 Å². The van der Waals surface area contributed by atoms with Gasteiger partial charge in [0.15, 0.2) is 0 Å². The van der Waals surface area contributed by atoms with Crippen LogP contribution in [0.5, 0.6) is 0 Å². The number of urea groups is 1. The lowest BCUT2D eigenvalue weighted by Crippen LogP contribution is -2.45. The van der Waals surface area contributed by atoms with Crippen LogP contribution in [0, 0.1) is 0 Å². The lowest BCUT2D eigenvalue weighted by Gasteiger charge is -2.26. The molecule has 0 radical (unpaired) electrons. The normalized spacial score (nSPS) is 17.4. The molecule has 2 rings (SSSR count). The Labute approximate surface area is 136 Å². The second-order valence-electron chi connectivity index (χ2n) is 5.59. The van der Waals surface area contributed by atoms with Gasteiger partial charge in [0.25, 0.3) is 0 Å². The van der Waals surface area contributed by atoms with Crippen LogP contribution in [0.2, 0.25) is 0 Å². The van der Waals surface area contributed by atoms with E-state index < -0.39 is 0 Å². The molecule has 124 valence electrons. The molecule has 2 heterocycles. The smallest absolute Gasteiger partial charge is 0.314 e. The van der Waals surface area contributed by atoms with E-state index in [4.69, 9.17) is 4.74 Å². The summed E-state index contributed by atoms with van der Waals surface area (Å²) in [5.74, 6) is 0. The van der Waals surface area contributed by atoms with Crippen LogP contribution < -0.4 is 10.6 Å². The Morgan fingerprint density at radius 1 is 1.41 bits per heavy atom. The van der Waals surface area contributed by atoms with Gasteiger partial charge in [-0.15, -0.1) is 11.3 Å². The van der Waals surface area contributed by atoms with E-state index in [2.05, 4.69) is 31.9 Å². The second-order valence-corrected chi connectivity index (χ2v) is 6.56. The predicted octanol–water partition coefficient (Wildman–Crippen LogP) is 0.982. The van der Waals surface area contributed by atoms with Crippen LogP contribution in [0.3, 0.4) is 0 Å². The third-order valence-corrected chi connectivity index (χ3v) is 4.74. The molecular formula is C15H26N4O2S. The number of thiophene rings is 1. The lowest BCUT2D eigenvalue weighted by molar-refractivity contribution is 0.0387. The predicted molar refractivity (Wildman–Crippen MR) is 89.4 cm³/mol. The Kier molecular flexibility index (Phi) is 7.11. The third-order valence-electron chi connectivity index (χ3n) is 3.77. The number of amides is 2. The first kappa shape index (κ1) is 17.2. The van der Waals surface area contributed by atoms with Crippen LogP contribution in [0.4, 0.5) is 4.79 Å². The molecular weight excluding hydrogens is 300 g/mol. The Bertz CT molecular complexity index is 433. The molecule has 1 fully saturated rings. The molecule has 1 aromatic rings. The summed E-state index contributed by atoms with van der Waals surface area (Å²) in [6.45, 7) is 5.62. The van der Waals surface area contributed by atoms with Crippen molar-refractivity contribution in [2.75, 3.05) is 60.0 Å². The van der Waals surface area contributed by atoms with Gasteiger partial charge in [-0.3, -0.25) is 4.90 Å². The zero-order valence-electron chi connectivity index (χ0n) is 13.4. The SMILES string of the molecule is CN(C)C(CNC(=O)NCCN1CCOCC1)c1cccs1. The van der Waals surface area contributed by atoms with E-state index in [9.17, 15) is 4.79 Å². The van der Waals surface area contributed by atoms with Crippen LogP contribution in [0.15, 0.2) is 17.5 Å². The van der Waals surface area contributed by atoms with E-state index in [1.54, 1.807) is 11.3 Å². The summed E-state index contributed by atoms with van der Waals surface area (Å²) in [7, 11) is 4.06. The molecule has 1 aromatic heterocycles. The fraction of sp³-hybridized carbons (Fsp3) is 0.667. The van der Waals surface area contributed by atoms with Crippen molar-refractivity contribution in [1.82, 2.24) is 20.4 Å². The first-order valence-corrected chi connectivity index (χ1v) is 8.56. The van der Waals surface area contributed by atoms with Crippen molar-refractivity contribution in [3.8, 4) is 0 Å². The summed E-state index contributed by atoms with van der Waals surface area (Å²) in [6, 6.07) is 4.26. The fourth-order valence-electron chi connectivity index (χ4n) is 2.42. The van der Waals surface area contributed by atoms with Gasteiger partial charge in [-0.1, -0.05) is 6.07 Å². The van der Waals surface area contributed by atoms with E-state index in [0.717, 1.165) is 32.8 Å². The molecule has 1 atom stereocenters. The molecule has 0 bridgehead atoms. The average Bonchev–Trinajstić information content (AvgIpc) is 3.02. The van der Waals surface area contributed by atoms with Crippen LogP contribution in [-0.4, -0.2) is 75.9 Å². The van der Waals surface area contributed by atoms with Gasteiger partial charge < -0.3 is 20.3 Å². The first-order chi connectivity index (χ1) is 10.7. The maximum Gasteiger partial charge on any atom is 0.314 e. The number of hydrogen-bond acceptors (Lipinski definition) is 5. The topological polar surface area (TPSA) is 56.8 Å². The van der Waals surface area contributed by atoms with E-state index in [1.165, 1.54) is 4.88 Å². The number of nitrogens with zero attached hydrogens (tertiary/aromatic N) is 2. The minimum atomic E-state index is -0.100. The Balaban J connectivity index is 1.65. The van der Waals surface area contributed by atoms with E-state index in [-0.39, 0.29) is 12.1 Å². The van der Waals surface area contributed by atoms with Gasteiger partial charge in [-0.05, 0) is 25.5 Å². The van der Waals surface area contributed by atoms with E-state index >= 15 is 0 Å². The lowest BCUT2D eigenvalue weighted by atomic mass is 10.2. The summed E-state index contributed by atoms with van der Waals surface area (Å²) in [4.78, 5) is 17.6. The Hall–Kier alpha value is -1.15. The molecule has 0 saturated carbocycles. The van der Waals surface area contributed by atoms with Gasteiger partial charge in [-0.25, -0.2) is 4.79 Å². The molecule has 2 N–H and O–H groups in total. The van der Waals surface area contributed by atoms with E-state index in [0.29, 0.717) is 13.1 Å². The maximum absolute atomic E-state index is 11.9. The number of likely N-dealkylation sites (N-methyl/N-ethyl adjacent to an activating group) is 1. The number of rotatable bonds is 7. The van der Waals surface area contributed by atoms with Crippen LogP contribution in [0.1, 0.15) is 10.9 Å². The molecule has 22 heavy (non-hydrogen) atoms. The molecule has 1 saturated heterocycles. The minimum absolute atomic E-state index is 0.100. The van der Waals surface area contributed by atoms with E-state index in [1.807, 2.05) is 20.2 Å². The third kappa shape index (κ3) is 5.57. The van der Waals surface area contributed by atoms with Crippen molar-refractivity contribution in [3.63, 3.8) is 0 Å². The van der Waals surface area contributed by atoms with Crippen molar-refractivity contribution >= 4 is 17.4 Å². The van der Waals surface area contributed by atoms with Crippen LogP contribution in [0.25, 0.3) is 0 Å². The number of carbonyl (C=O) groups excluding carboxylic acids is 1. The summed E-state index contributed by atoms with van der Waals surface area (Å²) in [5, 5.41) is 7.95. The number of ether oxygens (including phenoxy) is 1. The van der Waals surface area contributed by atoms with Crippen molar-refractivity contribution in [1.29, 1.82) is 0 Å². The molecule has 1 aliphatic heterocycles. The highest BCUT2D eigenvalue weighted by Gasteiger charge is 2.16. The minimum Gasteiger partial charge on any atom is -0.379 e. The van der Waals surface area contributed by atoms with Gasteiger partial charge in [0.05, 0.1) is 19.3 Å². The van der Waals surface area contributed by atoms with Gasteiger partial charge in [0, 0.05) is 37.6 Å². The molecule has 0 spiro atoms. The zero-order chi connectivity index (χ0) is 15.8. The van der Waals surface area contributed by atoms with Crippen molar-refractivity contribution in [2.24, 2.45) is 0 Å². The maximum atomic E-state index is 11.9. The standard InChI is InChI=1S/C15H26N4O2S/c1-18(2)13(14-4-3-11-22-14)12-17-15(20)16-5-6-19-7-9-21-10-8-19/h3-4,11,13H,5-10,12H2,1-2H3,(H2,16,17,20). The summed E-state index contributed by atoms with van der Waals surface area (Å²) in [6.07, 6.45) is 0. The van der Waals surface area contributed by atoms with Crippen molar-refractivity contribution in [3.05, 3.63) is 22.4 Å². The van der Waals surface area contributed by atoms with Gasteiger partial charge in [0.1, 0.15) is 0 Å². The molecule has 1 aliphatic rings. The van der Waals surface area contributed by atoms with Gasteiger partial charge >= 0.3 is 6.03 Å². The molecule has 6 nitrogen and oxygen atoms in total. The van der Waals surface area contributed by atoms with Gasteiger partial charge in [0.2, 0.25) is 0 Å². The molecule has 0 aromatic carbocycles. The first-order valence-electron chi connectivity index (χ1n) is 7.68.